The Hall–Kier alpha value is -1.32. The molecule has 0 spiro atoms. The molecule has 0 aromatic heterocycles. The van der Waals surface area contributed by atoms with Gasteiger partial charge in [0.1, 0.15) is 11.7 Å². The molecule has 1 aliphatic heterocycles. The van der Waals surface area contributed by atoms with Crippen molar-refractivity contribution in [3.63, 3.8) is 0 Å². The highest BCUT2D eigenvalue weighted by Gasteiger charge is 2.37. The molecular weight excluding hydrogens is 220 g/mol. The minimum atomic E-state index is -0.809. The van der Waals surface area contributed by atoms with Crippen molar-refractivity contribution >= 4 is 11.9 Å². The molecule has 17 heavy (non-hydrogen) atoms. The number of hydrogen-bond acceptors (Lipinski definition) is 4. The highest BCUT2D eigenvalue weighted by Crippen LogP contribution is 2.27. The first kappa shape index (κ1) is 13.7. The predicted molar refractivity (Wildman–Crippen MR) is 63.3 cm³/mol. The first-order valence-electron chi connectivity index (χ1n) is 5.91. The first-order chi connectivity index (χ1) is 7.83. The van der Waals surface area contributed by atoms with Gasteiger partial charge in [0, 0.05) is 12.0 Å². The molecule has 0 amide bonds. The molecule has 96 valence electrons. The number of carbonyl (C=O) groups excluding carboxylic acids is 2. The summed E-state index contributed by atoms with van der Waals surface area (Å²) in [4.78, 5) is 22.9. The van der Waals surface area contributed by atoms with Crippen LogP contribution in [0.2, 0.25) is 0 Å². The van der Waals surface area contributed by atoms with Gasteiger partial charge >= 0.3 is 11.9 Å². The molecule has 1 rings (SSSR count). The average Bonchev–Trinajstić information content (AvgIpc) is 2.42. The largest absolute Gasteiger partial charge is 0.458 e. The zero-order chi connectivity index (χ0) is 13.1. The summed E-state index contributed by atoms with van der Waals surface area (Å²) in [5.74, 6) is -0.665. The van der Waals surface area contributed by atoms with Gasteiger partial charge in [0.25, 0.3) is 0 Å². The fourth-order valence-corrected chi connectivity index (χ4v) is 1.76. The third-order valence-corrected chi connectivity index (χ3v) is 2.85. The lowest BCUT2D eigenvalue weighted by Gasteiger charge is -2.32. The van der Waals surface area contributed by atoms with Crippen molar-refractivity contribution in [3.05, 3.63) is 12.2 Å². The van der Waals surface area contributed by atoms with Gasteiger partial charge in [0.05, 0.1) is 0 Å². The molecule has 0 saturated carbocycles. The second kappa shape index (κ2) is 5.34. The Morgan fingerprint density at radius 3 is 2.71 bits per heavy atom. The maximum Gasteiger partial charge on any atom is 0.333 e. The summed E-state index contributed by atoms with van der Waals surface area (Å²) >= 11 is 0. The van der Waals surface area contributed by atoms with E-state index in [0.717, 1.165) is 19.3 Å². The standard InChI is InChI=1S/C13H20O4/c1-9(2)12(15)17-13(3,4)10-7-5-6-8-11(14)16-10/h10H,1,5-8H2,2-4H3. The molecule has 0 aromatic rings. The van der Waals surface area contributed by atoms with Crippen LogP contribution >= 0.6 is 0 Å². The van der Waals surface area contributed by atoms with Crippen LogP contribution < -0.4 is 0 Å². The van der Waals surface area contributed by atoms with Gasteiger partial charge in [-0.2, -0.15) is 0 Å². The van der Waals surface area contributed by atoms with Crippen LogP contribution in [0.25, 0.3) is 0 Å². The maximum absolute atomic E-state index is 11.5. The SMILES string of the molecule is C=C(C)C(=O)OC(C)(C)C1CCCCC(=O)O1. The maximum atomic E-state index is 11.5. The Morgan fingerprint density at radius 2 is 2.12 bits per heavy atom. The van der Waals surface area contributed by atoms with Gasteiger partial charge in [-0.1, -0.05) is 6.58 Å². The molecule has 1 unspecified atom stereocenters. The summed E-state index contributed by atoms with van der Waals surface area (Å²) in [5, 5.41) is 0. The fourth-order valence-electron chi connectivity index (χ4n) is 1.76. The van der Waals surface area contributed by atoms with E-state index in [-0.39, 0.29) is 12.1 Å². The zero-order valence-corrected chi connectivity index (χ0v) is 10.7. The monoisotopic (exact) mass is 240 g/mol. The van der Waals surface area contributed by atoms with Gasteiger partial charge in [-0.05, 0) is 40.0 Å². The van der Waals surface area contributed by atoms with Crippen LogP contribution in [-0.4, -0.2) is 23.6 Å². The molecule has 0 aliphatic carbocycles. The van der Waals surface area contributed by atoms with E-state index in [9.17, 15) is 9.59 Å². The Bertz CT molecular complexity index is 330. The van der Waals surface area contributed by atoms with Crippen molar-refractivity contribution in [1.29, 1.82) is 0 Å². The van der Waals surface area contributed by atoms with Crippen molar-refractivity contribution in [1.82, 2.24) is 0 Å². The second-order valence-electron chi connectivity index (χ2n) is 5.00. The predicted octanol–water partition coefficient (Wildman–Crippen LogP) is 2.37. The molecule has 0 bridgehead atoms. The molecule has 1 atom stereocenters. The Kier molecular flexibility index (Phi) is 4.32. The molecule has 1 heterocycles. The van der Waals surface area contributed by atoms with Gasteiger partial charge in [0.2, 0.25) is 0 Å². The van der Waals surface area contributed by atoms with Crippen molar-refractivity contribution in [2.45, 2.75) is 58.2 Å². The quantitative estimate of drug-likeness (QED) is 0.561. The van der Waals surface area contributed by atoms with Crippen LogP contribution in [0.4, 0.5) is 0 Å². The van der Waals surface area contributed by atoms with Crippen LogP contribution in [0.15, 0.2) is 12.2 Å². The lowest BCUT2D eigenvalue weighted by molar-refractivity contribution is -0.177. The molecular formula is C13H20O4. The smallest absolute Gasteiger partial charge is 0.333 e. The van der Waals surface area contributed by atoms with Crippen LogP contribution in [-0.2, 0) is 19.1 Å². The van der Waals surface area contributed by atoms with E-state index in [1.807, 2.05) is 0 Å². The molecule has 1 aliphatic rings. The van der Waals surface area contributed by atoms with Gasteiger partial charge in [-0.3, -0.25) is 4.79 Å². The zero-order valence-electron chi connectivity index (χ0n) is 10.7. The van der Waals surface area contributed by atoms with E-state index >= 15 is 0 Å². The normalized spacial score (nSPS) is 21.4. The highest BCUT2D eigenvalue weighted by atomic mass is 16.6. The Balaban J connectivity index is 2.70. The molecule has 4 nitrogen and oxygen atoms in total. The van der Waals surface area contributed by atoms with E-state index in [1.165, 1.54) is 0 Å². The summed E-state index contributed by atoms with van der Waals surface area (Å²) in [6.45, 7) is 8.65. The van der Waals surface area contributed by atoms with Crippen LogP contribution in [0.1, 0.15) is 46.5 Å². The van der Waals surface area contributed by atoms with Gasteiger partial charge in [-0.25, -0.2) is 4.79 Å². The number of cyclic esters (lactones) is 1. The van der Waals surface area contributed by atoms with Gasteiger partial charge in [0.15, 0.2) is 0 Å². The minimum Gasteiger partial charge on any atom is -0.458 e. The minimum absolute atomic E-state index is 0.216. The number of rotatable bonds is 3. The summed E-state index contributed by atoms with van der Waals surface area (Å²) in [7, 11) is 0. The van der Waals surface area contributed by atoms with Crippen molar-refractivity contribution in [2.75, 3.05) is 0 Å². The van der Waals surface area contributed by atoms with Crippen molar-refractivity contribution in [2.24, 2.45) is 0 Å². The van der Waals surface area contributed by atoms with E-state index < -0.39 is 11.6 Å². The van der Waals surface area contributed by atoms with Crippen LogP contribution in [0.5, 0.6) is 0 Å². The number of ether oxygens (including phenoxy) is 2. The fraction of sp³-hybridized carbons (Fsp3) is 0.692. The Labute approximate surface area is 102 Å². The lowest BCUT2D eigenvalue weighted by Crippen LogP contribution is -2.43. The first-order valence-corrected chi connectivity index (χ1v) is 5.91. The van der Waals surface area contributed by atoms with E-state index in [2.05, 4.69) is 6.58 Å². The molecule has 0 radical (unpaired) electrons. The third kappa shape index (κ3) is 3.88. The van der Waals surface area contributed by atoms with Gasteiger partial charge < -0.3 is 9.47 Å². The molecule has 0 aromatic carbocycles. The summed E-state index contributed by atoms with van der Waals surface area (Å²) < 4.78 is 10.6. The van der Waals surface area contributed by atoms with Crippen molar-refractivity contribution in [3.8, 4) is 0 Å². The van der Waals surface area contributed by atoms with E-state index in [1.54, 1.807) is 20.8 Å². The van der Waals surface area contributed by atoms with E-state index in [4.69, 9.17) is 9.47 Å². The molecule has 1 saturated heterocycles. The van der Waals surface area contributed by atoms with E-state index in [0.29, 0.717) is 12.0 Å². The summed E-state index contributed by atoms with van der Waals surface area (Å²) in [5.41, 5.74) is -0.464. The number of esters is 2. The average molecular weight is 240 g/mol. The number of carbonyl (C=O) groups is 2. The summed E-state index contributed by atoms with van der Waals surface area (Å²) in [6.07, 6.45) is 2.54. The van der Waals surface area contributed by atoms with Crippen molar-refractivity contribution < 1.29 is 19.1 Å². The van der Waals surface area contributed by atoms with Crippen LogP contribution in [0, 0.1) is 0 Å². The Morgan fingerprint density at radius 1 is 1.47 bits per heavy atom. The third-order valence-electron chi connectivity index (χ3n) is 2.85. The molecule has 4 heteroatoms. The summed E-state index contributed by atoms with van der Waals surface area (Å²) in [6, 6.07) is 0. The topological polar surface area (TPSA) is 52.6 Å². The number of hydrogen-bond donors (Lipinski definition) is 0. The second-order valence-corrected chi connectivity index (χ2v) is 5.00. The highest BCUT2D eigenvalue weighted by molar-refractivity contribution is 5.87. The van der Waals surface area contributed by atoms with Crippen LogP contribution in [0.3, 0.4) is 0 Å². The molecule has 0 N–H and O–H groups in total. The molecule has 1 fully saturated rings. The lowest BCUT2D eigenvalue weighted by atomic mass is 9.96. The van der Waals surface area contributed by atoms with Gasteiger partial charge in [-0.15, -0.1) is 0 Å².